The molecule has 0 aliphatic rings. The molecule has 0 bridgehead atoms. The zero-order valence-corrected chi connectivity index (χ0v) is 13.4. The fourth-order valence-electron chi connectivity index (χ4n) is 2.10. The van der Waals surface area contributed by atoms with Crippen LogP contribution in [0.3, 0.4) is 0 Å². The SMILES string of the molecule is Cc1cccc(NCC(=O)Nc2c(C)nn(C)c2C)c1Cl. The van der Waals surface area contributed by atoms with Crippen molar-refractivity contribution in [2.45, 2.75) is 20.8 Å². The molecule has 0 radical (unpaired) electrons. The number of rotatable bonds is 4. The number of aromatic nitrogens is 2. The summed E-state index contributed by atoms with van der Waals surface area (Å²) in [6.07, 6.45) is 0. The van der Waals surface area contributed by atoms with Gasteiger partial charge in [-0.05, 0) is 32.4 Å². The highest BCUT2D eigenvalue weighted by molar-refractivity contribution is 6.34. The van der Waals surface area contributed by atoms with Crippen molar-refractivity contribution in [3.8, 4) is 0 Å². The van der Waals surface area contributed by atoms with Crippen LogP contribution < -0.4 is 10.6 Å². The van der Waals surface area contributed by atoms with Crippen LogP contribution in [-0.4, -0.2) is 22.2 Å². The van der Waals surface area contributed by atoms with Crippen LogP contribution in [-0.2, 0) is 11.8 Å². The minimum absolute atomic E-state index is 0.133. The third-order valence-corrected chi connectivity index (χ3v) is 3.91. The van der Waals surface area contributed by atoms with E-state index < -0.39 is 0 Å². The maximum absolute atomic E-state index is 12.0. The maximum Gasteiger partial charge on any atom is 0.243 e. The van der Waals surface area contributed by atoms with Crippen LogP contribution in [0.15, 0.2) is 18.2 Å². The lowest BCUT2D eigenvalue weighted by molar-refractivity contribution is -0.114. The first-order valence-electron chi connectivity index (χ1n) is 6.69. The molecular weight excluding hydrogens is 288 g/mol. The van der Waals surface area contributed by atoms with Crippen LogP contribution in [0.25, 0.3) is 0 Å². The van der Waals surface area contributed by atoms with Crippen LogP contribution in [0.1, 0.15) is 17.0 Å². The molecule has 5 nitrogen and oxygen atoms in total. The molecule has 2 rings (SSSR count). The van der Waals surface area contributed by atoms with Gasteiger partial charge in [0.1, 0.15) is 0 Å². The first kappa shape index (κ1) is 15.4. The van der Waals surface area contributed by atoms with Crippen molar-refractivity contribution in [3.63, 3.8) is 0 Å². The van der Waals surface area contributed by atoms with Crippen molar-refractivity contribution in [2.24, 2.45) is 7.05 Å². The molecule has 2 N–H and O–H groups in total. The van der Waals surface area contributed by atoms with Gasteiger partial charge >= 0.3 is 0 Å². The maximum atomic E-state index is 12.0. The Morgan fingerprint density at radius 3 is 2.67 bits per heavy atom. The van der Waals surface area contributed by atoms with E-state index in [1.54, 1.807) is 4.68 Å². The smallest absolute Gasteiger partial charge is 0.243 e. The predicted molar refractivity (Wildman–Crippen MR) is 86.0 cm³/mol. The van der Waals surface area contributed by atoms with E-state index in [-0.39, 0.29) is 12.5 Å². The number of nitrogens with zero attached hydrogens (tertiary/aromatic N) is 2. The largest absolute Gasteiger partial charge is 0.375 e. The topological polar surface area (TPSA) is 59.0 Å². The second-order valence-electron chi connectivity index (χ2n) is 5.01. The summed E-state index contributed by atoms with van der Waals surface area (Å²) >= 11 is 6.18. The zero-order chi connectivity index (χ0) is 15.6. The molecule has 21 heavy (non-hydrogen) atoms. The van der Waals surface area contributed by atoms with E-state index in [2.05, 4.69) is 15.7 Å². The summed E-state index contributed by atoms with van der Waals surface area (Å²) in [4.78, 5) is 12.0. The van der Waals surface area contributed by atoms with E-state index in [4.69, 9.17) is 11.6 Å². The molecule has 0 fully saturated rings. The summed E-state index contributed by atoms with van der Waals surface area (Å²) in [5.74, 6) is -0.133. The van der Waals surface area contributed by atoms with Crippen molar-refractivity contribution >= 4 is 28.9 Å². The molecule has 0 unspecified atom stereocenters. The molecule has 112 valence electrons. The minimum atomic E-state index is -0.133. The summed E-state index contributed by atoms with van der Waals surface area (Å²) in [7, 11) is 1.85. The number of amides is 1. The van der Waals surface area contributed by atoms with Crippen LogP contribution in [0.2, 0.25) is 5.02 Å². The van der Waals surface area contributed by atoms with E-state index in [9.17, 15) is 4.79 Å². The van der Waals surface area contributed by atoms with Crippen molar-refractivity contribution in [2.75, 3.05) is 17.2 Å². The fourth-order valence-corrected chi connectivity index (χ4v) is 2.29. The first-order valence-corrected chi connectivity index (χ1v) is 7.07. The lowest BCUT2D eigenvalue weighted by atomic mass is 10.2. The number of hydrogen-bond acceptors (Lipinski definition) is 3. The number of anilines is 2. The summed E-state index contributed by atoms with van der Waals surface area (Å²) in [6.45, 7) is 5.86. The average molecular weight is 307 g/mol. The molecule has 1 amide bonds. The Kier molecular flexibility index (Phi) is 4.53. The second-order valence-corrected chi connectivity index (χ2v) is 5.39. The molecule has 2 aromatic rings. The molecule has 0 spiro atoms. The quantitative estimate of drug-likeness (QED) is 0.912. The van der Waals surface area contributed by atoms with Crippen molar-refractivity contribution in [1.82, 2.24) is 9.78 Å². The molecule has 0 saturated carbocycles. The Labute approximate surface area is 129 Å². The number of nitrogens with one attached hydrogen (secondary N) is 2. The van der Waals surface area contributed by atoms with Gasteiger partial charge < -0.3 is 10.6 Å². The number of halogens is 1. The highest BCUT2D eigenvalue weighted by atomic mass is 35.5. The van der Waals surface area contributed by atoms with Gasteiger partial charge in [0.2, 0.25) is 5.91 Å². The molecule has 0 aliphatic heterocycles. The van der Waals surface area contributed by atoms with E-state index in [0.717, 1.165) is 28.3 Å². The number of carbonyl (C=O) groups excluding carboxylic acids is 1. The second kappa shape index (κ2) is 6.18. The van der Waals surface area contributed by atoms with Crippen molar-refractivity contribution in [3.05, 3.63) is 40.2 Å². The highest BCUT2D eigenvalue weighted by Gasteiger charge is 2.12. The summed E-state index contributed by atoms with van der Waals surface area (Å²) in [5.41, 5.74) is 4.22. The normalized spacial score (nSPS) is 10.5. The van der Waals surface area contributed by atoms with Gasteiger partial charge in [0.25, 0.3) is 0 Å². The van der Waals surface area contributed by atoms with Gasteiger partial charge in [-0.1, -0.05) is 23.7 Å². The van der Waals surface area contributed by atoms with Crippen LogP contribution >= 0.6 is 11.6 Å². The van der Waals surface area contributed by atoms with Crippen molar-refractivity contribution < 1.29 is 4.79 Å². The molecule has 0 saturated heterocycles. The summed E-state index contributed by atoms with van der Waals surface area (Å²) in [6, 6.07) is 5.68. The third-order valence-electron chi connectivity index (χ3n) is 3.40. The Morgan fingerprint density at radius 1 is 1.33 bits per heavy atom. The molecule has 6 heteroatoms. The number of hydrogen-bond donors (Lipinski definition) is 2. The number of carbonyl (C=O) groups is 1. The van der Waals surface area contributed by atoms with Gasteiger partial charge in [0.05, 0.1) is 34.3 Å². The van der Waals surface area contributed by atoms with E-state index >= 15 is 0 Å². The fraction of sp³-hybridized carbons (Fsp3) is 0.333. The lowest BCUT2D eigenvalue weighted by Crippen LogP contribution is -2.22. The van der Waals surface area contributed by atoms with Crippen molar-refractivity contribution in [1.29, 1.82) is 0 Å². The van der Waals surface area contributed by atoms with Crippen LogP contribution in [0, 0.1) is 20.8 Å². The highest BCUT2D eigenvalue weighted by Crippen LogP contribution is 2.25. The zero-order valence-electron chi connectivity index (χ0n) is 12.6. The van der Waals surface area contributed by atoms with E-state index in [1.165, 1.54) is 0 Å². The Hall–Kier alpha value is -2.01. The molecular formula is C15H19ClN4O. The van der Waals surface area contributed by atoms with Gasteiger partial charge in [-0.15, -0.1) is 0 Å². The Morgan fingerprint density at radius 2 is 2.05 bits per heavy atom. The summed E-state index contributed by atoms with van der Waals surface area (Å²) in [5, 5.41) is 10.8. The molecule has 0 aliphatic carbocycles. The monoisotopic (exact) mass is 306 g/mol. The van der Waals surface area contributed by atoms with Gasteiger partial charge in [-0.25, -0.2) is 0 Å². The minimum Gasteiger partial charge on any atom is -0.375 e. The standard InChI is InChI=1S/C15H19ClN4O/c1-9-6-5-7-12(14(9)16)17-8-13(21)18-15-10(2)19-20(4)11(15)3/h5-7,17H,8H2,1-4H3,(H,18,21). The van der Waals surface area contributed by atoms with Gasteiger partial charge in [0.15, 0.2) is 0 Å². The van der Waals surface area contributed by atoms with Crippen LogP contribution in [0.5, 0.6) is 0 Å². The average Bonchev–Trinajstić information content (AvgIpc) is 2.67. The third kappa shape index (κ3) is 3.36. The summed E-state index contributed by atoms with van der Waals surface area (Å²) < 4.78 is 1.75. The molecule has 1 heterocycles. The predicted octanol–water partition coefficient (Wildman–Crippen LogP) is 3.05. The van der Waals surface area contributed by atoms with Gasteiger partial charge in [-0.3, -0.25) is 9.48 Å². The molecule has 0 atom stereocenters. The van der Waals surface area contributed by atoms with E-state index in [0.29, 0.717) is 5.02 Å². The first-order chi connectivity index (χ1) is 9.90. The Bertz CT molecular complexity index is 679. The number of aryl methyl sites for hydroxylation is 3. The van der Waals surface area contributed by atoms with Gasteiger partial charge in [-0.2, -0.15) is 5.10 Å². The van der Waals surface area contributed by atoms with E-state index in [1.807, 2.05) is 46.0 Å². The molecule has 1 aromatic carbocycles. The lowest BCUT2D eigenvalue weighted by Gasteiger charge is -2.10. The van der Waals surface area contributed by atoms with Crippen LogP contribution in [0.4, 0.5) is 11.4 Å². The number of benzene rings is 1. The Balaban J connectivity index is 2.01. The molecule has 1 aromatic heterocycles. The van der Waals surface area contributed by atoms with Gasteiger partial charge in [0, 0.05) is 7.05 Å².